The molecule has 0 spiro atoms. The van der Waals surface area contributed by atoms with Gasteiger partial charge in [-0.3, -0.25) is 4.79 Å². The van der Waals surface area contributed by atoms with E-state index in [2.05, 4.69) is 10.1 Å². The normalized spacial score (nSPS) is 11.4. The van der Waals surface area contributed by atoms with Crippen molar-refractivity contribution in [3.05, 3.63) is 23.8 Å². The Kier molecular flexibility index (Phi) is 6.48. The third-order valence-electron chi connectivity index (χ3n) is 2.82. The number of aliphatic hydroxyl groups is 1. The molecule has 2 N–H and O–H groups in total. The lowest BCUT2D eigenvalue weighted by atomic mass is 10.1. The molecule has 0 bridgehead atoms. The molecule has 0 aliphatic carbocycles. The monoisotopic (exact) mass is 297 g/mol. The number of amides is 1. The van der Waals surface area contributed by atoms with Crippen LogP contribution in [0.1, 0.15) is 5.56 Å². The van der Waals surface area contributed by atoms with Crippen molar-refractivity contribution >= 4 is 11.9 Å². The van der Waals surface area contributed by atoms with E-state index in [4.69, 9.17) is 14.6 Å². The summed E-state index contributed by atoms with van der Waals surface area (Å²) >= 11 is 0. The van der Waals surface area contributed by atoms with E-state index in [-0.39, 0.29) is 6.42 Å². The van der Waals surface area contributed by atoms with E-state index in [0.29, 0.717) is 17.1 Å². The highest BCUT2D eigenvalue weighted by Crippen LogP contribution is 2.27. The van der Waals surface area contributed by atoms with Gasteiger partial charge in [0.1, 0.15) is 0 Å². The van der Waals surface area contributed by atoms with Crippen molar-refractivity contribution in [1.82, 2.24) is 5.32 Å². The van der Waals surface area contributed by atoms with Crippen LogP contribution in [-0.2, 0) is 20.7 Å². The molecule has 1 aromatic rings. The number of hydrogen-bond acceptors (Lipinski definition) is 6. The zero-order chi connectivity index (χ0) is 15.8. The standard InChI is InChI=1S/C14H19NO6/c1-19-11-5-4-9(6-12(11)20-2)7-13(17)15-10(8-16)14(18)21-3/h4-6,10,16H,7-8H2,1-3H3,(H,15,17). The van der Waals surface area contributed by atoms with Crippen molar-refractivity contribution in [1.29, 1.82) is 0 Å². The Labute approximate surface area is 122 Å². The second-order valence-electron chi connectivity index (χ2n) is 4.19. The minimum Gasteiger partial charge on any atom is -0.493 e. The molecule has 1 amide bonds. The van der Waals surface area contributed by atoms with Crippen molar-refractivity contribution < 1.29 is 28.9 Å². The average molecular weight is 297 g/mol. The maximum atomic E-state index is 11.9. The number of hydrogen-bond donors (Lipinski definition) is 2. The highest BCUT2D eigenvalue weighted by atomic mass is 16.5. The average Bonchev–Trinajstić information content (AvgIpc) is 2.51. The van der Waals surface area contributed by atoms with Gasteiger partial charge in [0.05, 0.1) is 34.4 Å². The van der Waals surface area contributed by atoms with Crippen molar-refractivity contribution in [2.45, 2.75) is 12.5 Å². The molecule has 0 fully saturated rings. The minimum absolute atomic E-state index is 0.0356. The number of methoxy groups -OCH3 is 3. The van der Waals surface area contributed by atoms with Crippen molar-refractivity contribution in [2.75, 3.05) is 27.9 Å². The molecule has 0 aliphatic rings. The number of carbonyl (C=O) groups excluding carboxylic acids is 2. The first kappa shape index (κ1) is 16.8. The van der Waals surface area contributed by atoms with E-state index in [1.54, 1.807) is 18.2 Å². The molecule has 0 radical (unpaired) electrons. The van der Waals surface area contributed by atoms with Crippen LogP contribution in [0.3, 0.4) is 0 Å². The summed E-state index contributed by atoms with van der Waals surface area (Å²) in [7, 11) is 4.21. The molecule has 116 valence electrons. The quantitative estimate of drug-likeness (QED) is 0.682. The number of aliphatic hydroxyl groups excluding tert-OH is 1. The first-order chi connectivity index (χ1) is 10.0. The second kappa shape index (κ2) is 8.11. The largest absolute Gasteiger partial charge is 0.493 e. The Morgan fingerprint density at radius 2 is 1.86 bits per heavy atom. The van der Waals surface area contributed by atoms with Crippen LogP contribution in [0.2, 0.25) is 0 Å². The van der Waals surface area contributed by atoms with Crippen molar-refractivity contribution in [2.24, 2.45) is 0 Å². The number of ether oxygens (including phenoxy) is 3. The number of esters is 1. The van der Waals surface area contributed by atoms with Gasteiger partial charge >= 0.3 is 5.97 Å². The Morgan fingerprint density at radius 3 is 2.38 bits per heavy atom. The summed E-state index contributed by atoms with van der Waals surface area (Å²) in [4.78, 5) is 23.1. The fourth-order valence-electron chi connectivity index (χ4n) is 1.74. The van der Waals surface area contributed by atoms with Crippen LogP contribution in [0.25, 0.3) is 0 Å². The second-order valence-corrected chi connectivity index (χ2v) is 4.19. The highest BCUT2D eigenvalue weighted by molar-refractivity contribution is 5.85. The highest BCUT2D eigenvalue weighted by Gasteiger charge is 2.20. The summed E-state index contributed by atoms with van der Waals surface area (Å²) in [5.74, 6) is -0.0382. The molecule has 21 heavy (non-hydrogen) atoms. The van der Waals surface area contributed by atoms with Gasteiger partial charge in [-0.2, -0.15) is 0 Å². The molecule has 1 unspecified atom stereocenters. The van der Waals surface area contributed by atoms with Gasteiger partial charge in [0.15, 0.2) is 17.5 Å². The maximum absolute atomic E-state index is 11.9. The predicted molar refractivity (Wildman–Crippen MR) is 74.3 cm³/mol. The molecule has 0 saturated carbocycles. The van der Waals surface area contributed by atoms with E-state index in [0.717, 1.165) is 0 Å². The third-order valence-corrected chi connectivity index (χ3v) is 2.82. The smallest absolute Gasteiger partial charge is 0.330 e. The van der Waals surface area contributed by atoms with Gasteiger partial charge in [0.25, 0.3) is 0 Å². The van der Waals surface area contributed by atoms with Crippen LogP contribution >= 0.6 is 0 Å². The molecule has 7 heteroatoms. The molecule has 1 aromatic carbocycles. The van der Waals surface area contributed by atoms with Gasteiger partial charge in [-0.15, -0.1) is 0 Å². The van der Waals surface area contributed by atoms with Crippen molar-refractivity contribution in [3.63, 3.8) is 0 Å². The van der Waals surface area contributed by atoms with Gasteiger partial charge in [0, 0.05) is 0 Å². The summed E-state index contributed by atoms with van der Waals surface area (Å²) < 4.78 is 14.7. The molecular weight excluding hydrogens is 278 g/mol. The molecule has 1 atom stereocenters. The SMILES string of the molecule is COC(=O)C(CO)NC(=O)Cc1ccc(OC)c(OC)c1. The fraction of sp³-hybridized carbons (Fsp3) is 0.429. The molecule has 7 nitrogen and oxygen atoms in total. The lowest BCUT2D eigenvalue weighted by Crippen LogP contribution is -2.44. The summed E-state index contributed by atoms with van der Waals surface area (Å²) in [6, 6.07) is 4.01. The Balaban J connectivity index is 2.72. The van der Waals surface area contributed by atoms with Crippen LogP contribution in [0.5, 0.6) is 11.5 Å². The maximum Gasteiger partial charge on any atom is 0.330 e. The Hall–Kier alpha value is -2.28. The van der Waals surface area contributed by atoms with Crippen LogP contribution in [-0.4, -0.2) is 51.0 Å². The topological polar surface area (TPSA) is 94.1 Å². The lowest BCUT2D eigenvalue weighted by Gasteiger charge is -2.14. The molecule has 0 aromatic heterocycles. The molecule has 0 heterocycles. The van der Waals surface area contributed by atoms with E-state index in [1.165, 1.54) is 21.3 Å². The molecular formula is C14H19NO6. The van der Waals surface area contributed by atoms with Gasteiger partial charge < -0.3 is 24.6 Å². The summed E-state index contributed by atoms with van der Waals surface area (Å²) in [6.45, 7) is -0.523. The summed E-state index contributed by atoms with van der Waals surface area (Å²) in [6.07, 6.45) is 0.0356. The fourth-order valence-corrected chi connectivity index (χ4v) is 1.74. The van der Waals surface area contributed by atoms with Gasteiger partial charge in [0.2, 0.25) is 5.91 Å². The van der Waals surface area contributed by atoms with Crippen LogP contribution < -0.4 is 14.8 Å². The minimum atomic E-state index is -1.07. The first-order valence-electron chi connectivity index (χ1n) is 6.24. The Bertz CT molecular complexity index is 502. The summed E-state index contributed by atoms with van der Waals surface area (Å²) in [5.41, 5.74) is 0.687. The van der Waals surface area contributed by atoms with Crippen LogP contribution in [0.15, 0.2) is 18.2 Å². The van der Waals surface area contributed by atoms with E-state index in [1.807, 2.05) is 0 Å². The number of nitrogens with one attached hydrogen (secondary N) is 1. The van der Waals surface area contributed by atoms with Gasteiger partial charge in [-0.1, -0.05) is 6.07 Å². The summed E-state index contributed by atoms with van der Waals surface area (Å²) in [5, 5.41) is 11.4. The van der Waals surface area contributed by atoms with E-state index in [9.17, 15) is 9.59 Å². The van der Waals surface area contributed by atoms with Crippen LogP contribution in [0.4, 0.5) is 0 Å². The lowest BCUT2D eigenvalue weighted by molar-refractivity contribution is -0.146. The van der Waals surface area contributed by atoms with Crippen molar-refractivity contribution in [3.8, 4) is 11.5 Å². The first-order valence-corrected chi connectivity index (χ1v) is 6.24. The molecule has 0 aliphatic heterocycles. The van der Waals surface area contributed by atoms with Gasteiger partial charge in [-0.05, 0) is 17.7 Å². The number of carbonyl (C=O) groups is 2. The molecule has 1 rings (SSSR count). The number of rotatable bonds is 7. The number of benzene rings is 1. The van der Waals surface area contributed by atoms with Crippen LogP contribution in [0, 0.1) is 0 Å². The zero-order valence-electron chi connectivity index (χ0n) is 12.2. The van der Waals surface area contributed by atoms with E-state index >= 15 is 0 Å². The third kappa shape index (κ3) is 4.64. The molecule has 0 saturated heterocycles. The van der Waals surface area contributed by atoms with Gasteiger partial charge in [-0.25, -0.2) is 4.79 Å². The van der Waals surface area contributed by atoms with E-state index < -0.39 is 24.5 Å². The Morgan fingerprint density at radius 1 is 1.19 bits per heavy atom. The zero-order valence-corrected chi connectivity index (χ0v) is 12.2. The predicted octanol–water partition coefficient (Wildman–Crippen LogP) is -0.104.